The van der Waals surface area contributed by atoms with Crippen LogP contribution in [0.1, 0.15) is 5.56 Å². The van der Waals surface area contributed by atoms with Crippen molar-refractivity contribution in [1.82, 2.24) is 0 Å². The maximum Gasteiger partial charge on any atom is 0.328 e. The summed E-state index contributed by atoms with van der Waals surface area (Å²) in [6.07, 6.45) is 2.40. The molecule has 136 valence electrons. The molecule has 0 bridgehead atoms. The van der Waals surface area contributed by atoms with Crippen LogP contribution in [-0.2, 0) is 14.8 Å². The van der Waals surface area contributed by atoms with Gasteiger partial charge in [0.25, 0.3) is 10.0 Å². The van der Waals surface area contributed by atoms with E-state index in [0.29, 0.717) is 11.3 Å². The van der Waals surface area contributed by atoms with Gasteiger partial charge in [0.15, 0.2) is 0 Å². The van der Waals surface area contributed by atoms with Crippen molar-refractivity contribution in [2.24, 2.45) is 0 Å². The van der Waals surface area contributed by atoms with E-state index in [4.69, 9.17) is 5.11 Å². The molecule has 0 amide bonds. The van der Waals surface area contributed by atoms with Crippen LogP contribution in [0.15, 0.2) is 89.8 Å². The Labute approximate surface area is 157 Å². The second kappa shape index (κ2) is 7.88. The van der Waals surface area contributed by atoms with Gasteiger partial charge >= 0.3 is 5.97 Å². The maximum atomic E-state index is 12.7. The SMILES string of the molecule is O=C(O)C=Cc1ccc(S(=O)(=O)Nc2ccccc2-c2ccccc2)cc1. The molecular weight excluding hydrogens is 362 g/mol. The van der Waals surface area contributed by atoms with Crippen LogP contribution in [0.3, 0.4) is 0 Å². The van der Waals surface area contributed by atoms with E-state index in [0.717, 1.165) is 17.2 Å². The van der Waals surface area contributed by atoms with Crippen molar-refractivity contribution in [2.45, 2.75) is 4.90 Å². The normalized spacial score (nSPS) is 11.4. The van der Waals surface area contributed by atoms with Gasteiger partial charge in [-0.25, -0.2) is 13.2 Å². The third-order valence-electron chi connectivity index (χ3n) is 3.86. The van der Waals surface area contributed by atoms with Gasteiger partial charge in [-0.15, -0.1) is 0 Å². The monoisotopic (exact) mass is 379 g/mol. The van der Waals surface area contributed by atoms with Crippen LogP contribution in [0, 0.1) is 0 Å². The maximum absolute atomic E-state index is 12.7. The van der Waals surface area contributed by atoms with E-state index in [-0.39, 0.29) is 4.90 Å². The van der Waals surface area contributed by atoms with Gasteiger partial charge in [0, 0.05) is 11.6 Å². The predicted octanol–water partition coefficient (Wildman–Crippen LogP) is 4.25. The number of hydrogen-bond donors (Lipinski definition) is 2. The van der Waals surface area contributed by atoms with Crippen LogP contribution in [0.25, 0.3) is 17.2 Å². The zero-order valence-electron chi connectivity index (χ0n) is 14.2. The molecule has 2 N–H and O–H groups in total. The molecule has 0 spiro atoms. The van der Waals surface area contributed by atoms with Gasteiger partial charge in [0.05, 0.1) is 10.6 Å². The van der Waals surface area contributed by atoms with Crippen molar-refractivity contribution >= 4 is 27.8 Å². The summed E-state index contributed by atoms with van der Waals surface area (Å²) >= 11 is 0. The Morgan fingerprint density at radius 2 is 1.48 bits per heavy atom. The van der Waals surface area contributed by atoms with Gasteiger partial charge < -0.3 is 5.11 Å². The molecule has 0 unspecified atom stereocenters. The average molecular weight is 379 g/mol. The molecule has 0 aromatic heterocycles. The molecule has 3 rings (SSSR count). The van der Waals surface area contributed by atoms with E-state index in [1.807, 2.05) is 42.5 Å². The van der Waals surface area contributed by atoms with E-state index in [2.05, 4.69) is 4.72 Å². The van der Waals surface area contributed by atoms with Crippen molar-refractivity contribution in [3.05, 3.63) is 90.5 Å². The summed E-state index contributed by atoms with van der Waals surface area (Å²) in [6, 6.07) is 22.7. The fourth-order valence-corrected chi connectivity index (χ4v) is 3.65. The fourth-order valence-electron chi connectivity index (χ4n) is 2.57. The minimum absolute atomic E-state index is 0.0952. The quantitative estimate of drug-likeness (QED) is 0.627. The lowest BCUT2D eigenvalue weighted by Crippen LogP contribution is -2.13. The topological polar surface area (TPSA) is 83.5 Å². The highest BCUT2D eigenvalue weighted by Gasteiger charge is 2.16. The first-order valence-electron chi connectivity index (χ1n) is 8.14. The number of sulfonamides is 1. The van der Waals surface area contributed by atoms with E-state index in [9.17, 15) is 13.2 Å². The Hall–Kier alpha value is -3.38. The molecule has 27 heavy (non-hydrogen) atoms. The lowest BCUT2D eigenvalue weighted by Gasteiger charge is -2.13. The zero-order chi connectivity index (χ0) is 19.3. The highest BCUT2D eigenvalue weighted by atomic mass is 32.2. The van der Waals surface area contributed by atoms with Crippen LogP contribution in [0.2, 0.25) is 0 Å². The number of aliphatic carboxylic acids is 1. The smallest absolute Gasteiger partial charge is 0.328 e. The van der Waals surface area contributed by atoms with Crippen LogP contribution in [-0.4, -0.2) is 19.5 Å². The van der Waals surface area contributed by atoms with E-state index in [1.54, 1.807) is 24.3 Å². The summed E-state index contributed by atoms with van der Waals surface area (Å²) in [4.78, 5) is 10.7. The molecule has 0 aliphatic rings. The molecule has 6 heteroatoms. The summed E-state index contributed by atoms with van der Waals surface area (Å²) in [5, 5.41) is 8.65. The zero-order valence-corrected chi connectivity index (χ0v) is 15.1. The van der Waals surface area contributed by atoms with Crippen molar-refractivity contribution in [3.8, 4) is 11.1 Å². The lowest BCUT2D eigenvalue weighted by molar-refractivity contribution is -0.131. The van der Waals surface area contributed by atoms with Crippen molar-refractivity contribution in [2.75, 3.05) is 4.72 Å². The molecule has 3 aromatic carbocycles. The van der Waals surface area contributed by atoms with Gasteiger partial charge in [-0.3, -0.25) is 4.72 Å². The summed E-state index contributed by atoms with van der Waals surface area (Å²) in [5.41, 5.74) is 2.77. The number of carboxylic acids is 1. The largest absolute Gasteiger partial charge is 0.478 e. The first-order chi connectivity index (χ1) is 13.0. The first-order valence-corrected chi connectivity index (χ1v) is 9.62. The highest BCUT2D eigenvalue weighted by Crippen LogP contribution is 2.29. The summed E-state index contributed by atoms with van der Waals surface area (Å²) < 4.78 is 28.1. The van der Waals surface area contributed by atoms with Gasteiger partial charge in [-0.2, -0.15) is 0 Å². The number of para-hydroxylation sites is 1. The molecule has 0 fully saturated rings. The van der Waals surface area contributed by atoms with Gasteiger partial charge in [-0.05, 0) is 35.4 Å². The van der Waals surface area contributed by atoms with Crippen molar-refractivity contribution in [1.29, 1.82) is 0 Å². The van der Waals surface area contributed by atoms with Gasteiger partial charge in [-0.1, -0.05) is 60.7 Å². The Balaban J connectivity index is 1.89. The summed E-state index contributed by atoms with van der Waals surface area (Å²) in [6.45, 7) is 0. The van der Waals surface area contributed by atoms with Crippen LogP contribution >= 0.6 is 0 Å². The molecule has 3 aromatic rings. The summed E-state index contributed by atoms with van der Waals surface area (Å²) in [5.74, 6) is -1.06. The summed E-state index contributed by atoms with van der Waals surface area (Å²) in [7, 11) is -3.78. The van der Waals surface area contributed by atoms with Crippen LogP contribution in [0.4, 0.5) is 5.69 Å². The van der Waals surface area contributed by atoms with Crippen LogP contribution in [0.5, 0.6) is 0 Å². The molecule has 0 aliphatic carbocycles. The molecule has 0 saturated heterocycles. The average Bonchev–Trinajstić information content (AvgIpc) is 2.67. The minimum atomic E-state index is -3.78. The first kappa shape index (κ1) is 18.4. The van der Waals surface area contributed by atoms with Gasteiger partial charge in [0.1, 0.15) is 0 Å². The number of benzene rings is 3. The Kier molecular flexibility index (Phi) is 5.38. The third kappa shape index (κ3) is 4.62. The third-order valence-corrected chi connectivity index (χ3v) is 5.25. The number of anilines is 1. The molecule has 0 saturated carbocycles. The lowest BCUT2D eigenvalue weighted by atomic mass is 10.0. The fraction of sp³-hybridized carbons (Fsp3) is 0. The Morgan fingerprint density at radius 3 is 2.15 bits per heavy atom. The number of hydrogen-bond acceptors (Lipinski definition) is 3. The minimum Gasteiger partial charge on any atom is -0.478 e. The van der Waals surface area contributed by atoms with Crippen molar-refractivity contribution in [3.63, 3.8) is 0 Å². The highest BCUT2D eigenvalue weighted by molar-refractivity contribution is 7.92. The molecule has 0 radical (unpaired) electrons. The molecule has 0 atom stereocenters. The standard InChI is InChI=1S/C21H17NO4S/c23-21(24)15-12-16-10-13-18(14-11-16)27(25,26)22-20-9-5-4-8-19(20)17-6-2-1-3-7-17/h1-15,22H,(H,23,24). The molecule has 0 heterocycles. The van der Waals surface area contributed by atoms with Crippen molar-refractivity contribution < 1.29 is 18.3 Å². The molecule has 0 aliphatic heterocycles. The number of nitrogens with one attached hydrogen (secondary N) is 1. The number of carbonyl (C=O) groups is 1. The molecular formula is C21H17NO4S. The van der Waals surface area contributed by atoms with Gasteiger partial charge in [0.2, 0.25) is 0 Å². The van der Waals surface area contributed by atoms with Crippen LogP contribution < -0.4 is 4.72 Å². The second-order valence-electron chi connectivity index (χ2n) is 5.76. The Morgan fingerprint density at radius 1 is 0.852 bits per heavy atom. The number of rotatable bonds is 6. The Bertz CT molecular complexity index is 1070. The van der Waals surface area contributed by atoms with E-state index >= 15 is 0 Å². The second-order valence-corrected chi connectivity index (χ2v) is 7.44. The predicted molar refractivity (Wildman–Crippen MR) is 106 cm³/mol. The van der Waals surface area contributed by atoms with E-state index in [1.165, 1.54) is 18.2 Å². The molecule has 5 nitrogen and oxygen atoms in total. The van der Waals surface area contributed by atoms with E-state index < -0.39 is 16.0 Å². The number of carboxylic acid groups (broad SMARTS) is 1.